The molecule has 0 aliphatic heterocycles. The third-order valence-corrected chi connectivity index (χ3v) is 3.25. The number of rotatable bonds is 5. The summed E-state index contributed by atoms with van der Waals surface area (Å²) in [5.74, 6) is 0. The van der Waals surface area contributed by atoms with Gasteiger partial charge in [-0.05, 0) is 52.6 Å². The van der Waals surface area contributed by atoms with Gasteiger partial charge in [-0.3, -0.25) is 0 Å². The van der Waals surface area contributed by atoms with Gasteiger partial charge in [-0.2, -0.15) is 0 Å². The van der Waals surface area contributed by atoms with Crippen molar-refractivity contribution in [1.29, 1.82) is 0 Å². The molecule has 0 saturated carbocycles. The summed E-state index contributed by atoms with van der Waals surface area (Å²) in [5.41, 5.74) is 6.30. The zero-order chi connectivity index (χ0) is 12.3. The maximum absolute atomic E-state index is 5.97. The highest BCUT2D eigenvalue weighted by molar-refractivity contribution is 4.78. The fourth-order valence-electron chi connectivity index (χ4n) is 1.64. The molecule has 0 saturated heterocycles. The van der Waals surface area contributed by atoms with Gasteiger partial charge in [0, 0.05) is 11.6 Å². The Bertz CT molecular complexity index is 174. The largest absolute Gasteiger partial charge is 0.326 e. The zero-order valence-electron chi connectivity index (χ0n) is 11.7. The molecule has 1 atom stereocenters. The summed E-state index contributed by atoms with van der Waals surface area (Å²) in [6.07, 6.45) is 2.27. The van der Waals surface area contributed by atoms with Crippen molar-refractivity contribution in [2.75, 3.05) is 13.6 Å². The molecule has 0 fully saturated rings. The normalized spacial score (nSPS) is 15.8. The van der Waals surface area contributed by atoms with Crippen LogP contribution in [0.5, 0.6) is 0 Å². The molecule has 92 valence electrons. The van der Waals surface area contributed by atoms with Crippen LogP contribution in [0.4, 0.5) is 0 Å². The van der Waals surface area contributed by atoms with Gasteiger partial charge in [0.15, 0.2) is 0 Å². The van der Waals surface area contributed by atoms with Gasteiger partial charge in [0.25, 0.3) is 0 Å². The van der Waals surface area contributed by atoms with E-state index in [0.717, 1.165) is 13.0 Å². The predicted molar refractivity (Wildman–Crippen MR) is 69.0 cm³/mol. The number of nitrogens with two attached hydrogens (primary N) is 1. The highest BCUT2D eigenvalue weighted by atomic mass is 15.1. The first-order valence-corrected chi connectivity index (χ1v) is 6.03. The zero-order valence-corrected chi connectivity index (χ0v) is 11.7. The molecular weight excluding hydrogens is 184 g/mol. The van der Waals surface area contributed by atoms with Crippen LogP contribution in [0.2, 0.25) is 0 Å². The number of hydrogen-bond acceptors (Lipinski definition) is 2. The van der Waals surface area contributed by atoms with Gasteiger partial charge in [-0.25, -0.2) is 0 Å². The maximum atomic E-state index is 5.97. The van der Waals surface area contributed by atoms with E-state index in [1.54, 1.807) is 0 Å². The Labute approximate surface area is 96.2 Å². The van der Waals surface area contributed by atoms with Crippen LogP contribution in [-0.2, 0) is 0 Å². The van der Waals surface area contributed by atoms with Gasteiger partial charge in [-0.15, -0.1) is 0 Å². The Morgan fingerprint density at radius 1 is 1.13 bits per heavy atom. The van der Waals surface area contributed by atoms with Crippen molar-refractivity contribution in [2.24, 2.45) is 11.1 Å². The second kappa shape index (κ2) is 5.31. The van der Waals surface area contributed by atoms with Crippen molar-refractivity contribution < 1.29 is 0 Å². The summed E-state index contributed by atoms with van der Waals surface area (Å²) in [5, 5.41) is 0. The van der Waals surface area contributed by atoms with Crippen LogP contribution < -0.4 is 5.73 Å². The van der Waals surface area contributed by atoms with Crippen molar-refractivity contribution in [3.63, 3.8) is 0 Å². The minimum Gasteiger partial charge on any atom is -0.326 e. The van der Waals surface area contributed by atoms with Crippen LogP contribution in [0.1, 0.15) is 54.4 Å². The lowest BCUT2D eigenvalue weighted by molar-refractivity contribution is 0.137. The Hall–Kier alpha value is -0.0800. The molecule has 2 nitrogen and oxygen atoms in total. The lowest BCUT2D eigenvalue weighted by Crippen LogP contribution is -2.40. The highest BCUT2D eigenvalue weighted by Crippen LogP contribution is 2.23. The van der Waals surface area contributed by atoms with Crippen molar-refractivity contribution >= 4 is 0 Å². The fraction of sp³-hybridized carbons (Fsp3) is 1.00. The summed E-state index contributed by atoms with van der Waals surface area (Å²) in [4.78, 5) is 2.44. The van der Waals surface area contributed by atoms with E-state index in [1.165, 1.54) is 6.42 Å². The summed E-state index contributed by atoms with van der Waals surface area (Å²) >= 11 is 0. The standard InChI is InChI=1S/C13H30N2/c1-11(12(2,3)4)15(7)10-8-9-13(5,6)14/h11H,8-10,14H2,1-7H3. The first-order valence-electron chi connectivity index (χ1n) is 6.03. The summed E-state index contributed by atoms with van der Waals surface area (Å²) in [6, 6.07) is 0.610. The van der Waals surface area contributed by atoms with Crippen molar-refractivity contribution in [3.05, 3.63) is 0 Å². The van der Waals surface area contributed by atoms with E-state index in [4.69, 9.17) is 5.73 Å². The first kappa shape index (κ1) is 14.9. The molecule has 0 heterocycles. The van der Waals surface area contributed by atoms with Crippen molar-refractivity contribution in [3.8, 4) is 0 Å². The second-order valence-corrected chi connectivity index (χ2v) is 6.61. The predicted octanol–water partition coefficient (Wildman–Crippen LogP) is 2.87. The van der Waals surface area contributed by atoms with E-state index in [2.05, 4.69) is 53.5 Å². The van der Waals surface area contributed by atoms with Crippen LogP contribution in [0.15, 0.2) is 0 Å². The minimum absolute atomic E-state index is 0.0220. The van der Waals surface area contributed by atoms with Gasteiger partial charge < -0.3 is 10.6 Å². The maximum Gasteiger partial charge on any atom is 0.0112 e. The molecule has 0 aliphatic rings. The van der Waals surface area contributed by atoms with E-state index >= 15 is 0 Å². The van der Waals surface area contributed by atoms with Gasteiger partial charge in [-0.1, -0.05) is 20.8 Å². The molecule has 2 N–H and O–H groups in total. The lowest BCUT2D eigenvalue weighted by atomic mass is 9.87. The Kier molecular flexibility index (Phi) is 5.28. The average Bonchev–Trinajstić information content (AvgIpc) is 1.98. The van der Waals surface area contributed by atoms with Gasteiger partial charge in [0.1, 0.15) is 0 Å². The van der Waals surface area contributed by atoms with Crippen LogP contribution in [0, 0.1) is 5.41 Å². The average molecular weight is 214 g/mol. The quantitative estimate of drug-likeness (QED) is 0.762. The van der Waals surface area contributed by atoms with Crippen LogP contribution in [0.25, 0.3) is 0 Å². The molecule has 0 aromatic rings. The van der Waals surface area contributed by atoms with Gasteiger partial charge in [0.2, 0.25) is 0 Å². The van der Waals surface area contributed by atoms with E-state index in [-0.39, 0.29) is 5.54 Å². The molecule has 15 heavy (non-hydrogen) atoms. The molecule has 0 aromatic heterocycles. The lowest BCUT2D eigenvalue weighted by Gasteiger charge is -2.35. The van der Waals surface area contributed by atoms with E-state index in [9.17, 15) is 0 Å². The smallest absolute Gasteiger partial charge is 0.0112 e. The van der Waals surface area contributed by atoms with E-state index in [1.807, 2.05) is 0 Å². The van der Waals surface area contributed by atoms with Gasteiger partial charge >= 0.3 is 0 Å². The molecule has 0 aliphatic carbocycles. The summed E-state index contributed by atoms with van der Waals surface area (Å²) in [6.45, 7) is 14.5. The van der Waals surface area contributed by atoms with Crippen LogP contribution >= 0.6 is 0 Å². The highest BCUT2D eigenvalue weighted by Gasteiger charge is 2.23. The molecule has 2 heteroatoms. The fourth-order valence-corrected chi connectivity index (χ4v) is 1.64. The van der Waals surface area contributed by atoms with Gasteiger partial charge in [0.05, 0.1) is 0 Å². The molecule has 0 spiro atoms. The van der Waals surface area contributed by atoms with Crippen molar-refractivity contribution in [2.45, 2.75) is 66.0 Å². The monoisotopic (exact) mass is 214 g/mol. The number of nitrogens with zero attached hydrogens (tertiary/aromatic N) is 1. The Morgan fingerprint density at radius 3 is 1.93 bits per heavy atom. The van der Waals surface area contributed by atoms with Crippen LogP contribution in [-0.4, -0.2) is 30.1 Å². The SMILES string of the molecule is CC(N(C)CCCC(C)(C)N)C(C)(C)C. The summed E-state index contributed by atoms with van der Waals surface area (Å²) < 4.78 is 0. The molecule has 0 amide bonds. The molecule has 0 bridgehead atoms. The number of hydrogen-bond donors (Lipinski definition) is 1. The first-order chi connectivity index (χ1) is 6.54. The molecule has 1 unspecified atom stereocenters. The minimum atomic E-state index is -0.0220. The van der Waals surface area contributed by atoms with E-state index < -0.39 is 0 Å². The summed E-state index contributed by atoms with van der Waals surface area (Å²) in [7, 11) is 2.21. The van der Waals surface area contributed by atoms with Crippen LogP contribution in [0.3, 0.4) is 0 Å². The molecule has 0 radical (unpaired) electrons. The van der Waals surface area contributed by atoms with E-state index in [0.29, 0.717) is 11.5 Å². The Balaban J connectivity index is 3.90. The Morgan fingerprint density at radius 2 is 1.60 bits per heavy atom. The molecule has 0 aromatic carbocycles. The topological polar surface area (TPSA) is 29.3 Å². The molecular formula is C13H30N2. The second-order valence-electron chi connectivity index (χ2n) is 6.61. The third kappa shape index (κ3) is 6.91. The van der Waals surface area contributed by atoms with Crippen molar-refractivity contribution in [1.82, 2.24) is 4.90 Å². The molecule has 0 rings (SSSR count). The third-order valence-electron chi connectivity index (χ3n) is 3.25.